The summed E-state index contributed by atoms with van der Waals surface area (Å²) in [6, 6.07) is 67.3. The molecule has 0 amide bonds. The van der Waals surface area contributed by atoms with E-state index in [1.165, 1.54) is 60.4 Å². The number of para-hydroxylation sites is 3. The summed E-state index contributed by atoms with van der Waals surface area (Å²) in [5, 5.41) is 5.87. The lowest BCUT2D eigenvalue weighted by atomic mass is 10.0. The van der Waals surface area contributed by atoms with Gasteiger partial charge in [-0.05, 0) is 89.8 Å². The van der Waals surface area contributed by atoms with Crippen LogP contribution in [0.4, 0.5) is 0 Å². The van der Waals surface area contributed by atoms with Crippen molar-refractivity contribution in [3.8, 4) is 45.1 Å². The molecule has 4 nitrogen and oxygen atoms in total. The lowest BCUT2D eigenvalue weighted by Gasteiger charge is -2.13. The fourth-order valence-corrected chi connectivity index (χ4v) is 8.38. The Morgan fingerprint density at radius 1 is 0.345 bits per heavy atom. The molecule has 55 heavy (non-hydrogen) atoms. The zero-order chi connectivity index (χ0) is 36.5. The fourth-order valence-electron chi connectivity index (χ4n) is 8.38. The van der Waals surface area contributed by atoms with Gasteiger partial charge < -0.3 is 4.57 Å². The normalized spacial score (nSPS) is 11.7. The van der Waals surface area contributed by atoms with E-state index >= 15 is 0 Å². The van der Waals surface area contributed by atoms with Crippen molar-refractivity contribution in [1.29, 1.82) is 0 Å². The lowest BCUT2D eigenvalue weighted by molar-refractivity contribution is 1.01. The van der Waals surface area contributed by atoms with Gasteiger partial charge >= 0.3 is 0 Å². The van der Waals surface area contributed by atoms with Gasteiger partial charge in [-0.3, -0.25) is 4.57 Å². The van der Waals surface area contributed by atoms with E-state index in [9.17, 15) is 0 Å². The molecule has 0 aliphatic heterocycles. The standard InChI is InChI=1S/C51H34N4/c1-33-20-27-45-44(30-33)50(36-23-21-35(22-24-36)34-12-4-2-5-13-34)53-51(52-45)55-47-19-11-9-17-41(47)43-32-38(26-29-49(43)55)37-25-28-48-42(31-37)40-16-8-10-18-46(40)54(48)39-14-6-3-7-15-39/h2-32H,1H3. The molecule has 0 saturated carbocycles. The molecule has 0 spiro atoms. The summed E-state index contributed by atoms with van der Waals surface area (Å²) < 4.78 is 4.59. The molecule has 0 aliphatic rings. The number of hydrogen-bond acceptors (Lipinski definition) is 2. The third-order valence-electron chi connectivity index (χ3n) is 11.0. The molecule has 0 unspecified atom stereocenters. The van der Waals surface area contributed by atoms with Gasteiger partial charge in [0, 0.05) is 38.2 Å². The predicted octanol–water partition coefficient (Wildman–Crippen LogP) is 13.1. The number of aryl methyl sites for hydroxylation is 1. The second-order valence-corrected chi connectivity index (χ2v) is 14.3. The number of fused-ring (bicyclic) bond motifs is 7. The van der Waals surface area contributed by atoms with E-state index in [0.29, 0.717) is 5.95 Å². The Morgan fingerprint density at radius 3 is 1.53 bits per heavy atom. The smallest absolute Gasteiger partial charge is 0.235 e. The van der Waals surface area contributed by atoms with E-state index in [-0.39, 0.29) is 0 Å². The SMILES string of the molecule is Cc1ccc2nc(-n3c4ccccc4c4cc(-c5ccc6c(c5)c5ccccc5n6-c5ccccc5)ccc43)nc(-c3ccc(-c4ccccc4)cc3)c2c1. The second-order valence-electron chi connectivity index (χ2n) is 14.3. The van der Waals surface area contributed by atoms with Crippen LogP contribution in [0.15, 0.2) is 188 Å². The topological polar surface area (TPSA) is 35.6 Å². The number of benzene rings is 8. The molecule has 0 radical (unpaired) electrons. The quantitative estimate of drug-likeness (QED) is 0.179. The highest BCUT2D eigenvalue weighted by Crippen LogP contribution is 2.39. The van der Waals surface area contributed by atoms with Crippen molar-refractivity contribution < 1.29 is 0 Å². The molecule has 0 fully saturated rings. The summed E-state index contributed by atoms with van der Waals surface area (Å²) in [6.07, 6.45) is 0. The van der Waals surface area contributed by atoms with E-state index in [2.05, 4.69) is 204 Å². The fraction of sp³-hybridized carbons (Fsp3) is 0.0196. The molecular formula is C51H34N4. The molecule has 3 heterocycles. The number of nitrogens with zero attached hydrogens (tertiary/aromatic N) is 4. The number of aromatic nitrogens is 4. The van der Waals surface area contributed by atoms with Crippen LogP contribution in [-0.2, 0) is 0 Å². The van der Waals surface area contributed by atoms with Crippen LogP contribution < -0.4 is 0 Å². The third kappa shape index (κ3) is 5.07. The average molecular weight is 703 g/mol. The first-order valence-corrected chi connectivity index (χ1v) is 18.7. The largest absolute Gasteiger partial charge is 0.309 e. The molecule has 4 heteroatoms. The zero-order valence-electron chi connectivity index (χ0n) is 30.2. The molecule has 0 atom stereocenters. The van der Waals surface area contributed by atoms with Crippen LogP contribution in [-0.4, -0.2) is 19.1 Å². The highest BCUT2D eigenvalue weighted by molar-refractivity contribution is 6.12. The van der Waals surface area contributed by atoms with Gasteiger partial charge in [0.05, 0.1) is 33.3 Å². The van der Waals surface area contributed by atoms with Gasteiger partial charge in [-0.2, -0.15) is 0 Å². The van der Waals surface area contributed by atoms with Crippen molar-refractivity contribution >= 4 is 54.5 Å². The van der Waals surface area contributed by atoms with Crippen molar-refractivity contribution in [2.75, 3.05) is 0 Å². The highest BCUT2D eigenvalue weighted by atomic mass is 15.2. The Hall–Kier alpha value is -7.30. The molecule has 0 N–H and O–H groups in total. The van der Waals surface area contributed by atoms with Gasteiger partial charge in [-0.25, -0.2) is 9.97 Å². The average Bonchev–Trinajstić information content (AvgIpc) is 3.76. The summed E-state index contributed by atoms with van der Waals surface area (Å²) in [5.74, 6) is 0.660. The first-order chi connectivity index (χ1) is 27.2. The summed E-state index contributed by atoms with van der Waals surface area (Å²) in [6.45, 7) is 2.12. The summed E-state index contributed by atoms with van der Waals surface area (Å²) in [5.41, 5.74) is 14.5. The van der Waals surface area contributed by atoms with Crippen LogP contribution in [0, 0.1) is 6.92 Å². The van der Waals surface area contributed by atoms with Gasteiger partial charge in [-0.15, -0.1) is 0 Å². The summed E-state index contributed by atoms with van der Waals surface area (Å²) in [4.78, 5) is 10.6. The van der Waals surface area contributed by atoms with Crippen molar-refractivity contribution in [3.63, 3.8) is 0 Å². The molecule has 11 aromatic rings. The van der Waals surface area contributed by atoms with Gasteiger partial charge in [0.1, 0.15) is 0 Å². The van der Waals surface area contributed by atoms with Gasteiger partial charge in [0.15, 0.2) is 0 Å². The maximum atomic E-state index is 5.38. The van der Waals surface area contributed by atoms with Crippen LogP contribution in [0.1, 0.15) is 5.56 Å². The van der Waals surface area contributed by atoms with Crippen molar-refractivity contribution in [2.24, 2.45) is 0 Å². The van der Waals surface area contributed by atoms with Gasteiger partial charge in [0.2, 0.25) is 5.95 Å². The second kappa shape index (κ2) is 12.4. The van der Waals surface area contributed by atoms with Crippen molar-refractivity contribution in [1.82, 2.24) is 19.1 Å². The van der Waals surface area contributed by atoms with E-state index in [4.69, 9.17) is 9.97 Å². The van der Waals surface area contributed by atoms with E-state index in [1.54, 1.807) is 0 Å². The van der Waals surface area contributed by atoms with Crippen LogP contribution in [0.5, 0.6) is 0 Å². The monoisotopic (exact) mass is 702 g/mol. The van der Waals surface area contributed by atoms with Crippen molar-refractivity contribution in [2.45, 2.75) is 6.92 Å². The Morgan fingerprint density at radius 2 is 0.855 bits per heavy atom. The first-order valence-electron chi connectivity index (χ1n) is 18.7. The Kier molecular flexibility index (Phi) is 7.04. The van der Waals surface area contributed by atoms with E-state index in [1.807, 2.05) is 0 Å². The number of rotatable bonds is 5. The summed E-state index contributed by atoms with van der Waals surface area (Å²) >= 11 is 0. The predicted molar refractivity (Wildman–Crippen MR) is 229 cm³/mol. The molecule has 0 bridgehead atoms. The Balaban J connectivity index is 1.08. The van der Waals surface area contributed by atoms with Gasteiger partial charge in [-0.1, -0.05) is 133 Å². The molecule has 0 aliphatic carbocycles. The summed E-state index contributed by atoms with van der Waals surface area (Å²) in [7, 11) is 0. The third-order valence-corrected chi connectivity index (χ3v) is 11.0. The Bertz CT molecular complexity index is 3250. The van der Waals surface area contributed by atoms with Crippen LogP contribution in [0.25, 0.3) is 99.7 Å². The van der Waals surface area contributed by atoms with E-state index in [0.717, 1.165) is 38.9 Å². The molecule has 0 saturated heterocycles. The molecule has 258 valence electrons. The molecular weight excluding hydrogens is 669 g/mol. The van der Waals surface area contributed by atoms with Crippen molar-refractivity contribution in [3.05, 3.63) is 194 Å². The van der Waals surface area contributed by atoms with Gasteiger partial charge in [0.25, 0.3) is 0 Å². The first kappa shape index (κ1) is 31.2. The van der Waals surface area contributed by atoms with Crippen LogP contribution >= 0.6 is 0 Å². The highest BCUT2D eigenvalue weighted by Gasteiger charge is 2.19. The number of hydrogen-bond donors (Lipinski definition) is 0. The molecule has 11 rings (SSSR count). The Labute approximate surface area is 318 Å². The zero-order valence-corrected chi connectivity index (χ0v) is 30.2. The van der Waals surface area contributed by atoms with Crippen LogP contribution in [0.3, 0.4) is 0 Å². The molecule has 3 aromatic heterocycles. The minimum Gasteiger partial charge on any atom is -0.309 e. The molecule has 8 aromatic carbocycles. The maximum absolute atomic E-state index is 5.38. The minimum atomic E-state index is 0.660. The maximum Gasteiger partial charge on any atom is 0.235 e. The minimum absolute atomic E-state index is 0.660. The van der Waals surface area contributed by atoms with Crippen LogP contribution in [0.2, 0.25) is 0 Å². The van der Waals surface area contributed by atoms with E-state index < -0.39 is 0 Å². The lowest BCUT2D eigenvalue weighted by Crippen LogP contribution is -2.03.